The lowest BCUT2D eigenvalue weighted by Gasteiger charge is -2.44. The van der Waals surface area contributed by atoms with Crippen LogP contribution in [0.5, 0.6) is 0 Å². The van der Waals surface area contributed by atoms with Crippen LogP contribution in [-0.4, -0.2) is 39.4 Å². The van der Waals surface area contributed by atoms with Crippen molar-refractivity contribution in [3.63, 3.8) is 0 Å². The van der Waals surface area contributed by atoms with Crippen molar-refractivity contribution in [2.45, 2.75) is 76.9 Å². The molecule has 3 heterocycles. The van der Waals surface area contributed by atoms with Crippen molar-refractivity contribution < 1.29 is 9.59 Å². The van der Waals surface area contributed by atoms with Crippen molar-refractivity contribution in [2.75, 3.05) is 6.54 Å². The van der Waals surface area contributed by atoms with E-state index in [-0.39, 0.29) is 17.9 Å². The highest BCUT2D eigenvalue weighted by atomic mass is 32.1. The quantitative estimate of drug-likeness (QED) is 0.801. The van der Waals surface area contributed by atoms with Crippen LogP contribution in [0, 0.1) is 0 Å². The molecule has 1 atom stereocenters. The molecule has 6 heteroatoms. The van der Waals surface area contributed by atoms with Gasteiger partial charge in [0.05, 0.1) is 16.8 Å². The summed E-state index contributed by atoms with van der Waals surface area (Å²) >= 11 is 1.64. The summed E-state index contributed by atoms with van der Waals surface area (Å²) in [5, 5.41) is 5.34. The first-order valence-corrected chi connectivity index (χ1v) is 11.1. The zero-order chi connectivity index (χ0) is 19.0. The van der Waals surface area contributed by atoms with E-state index in [4.69, 9.17) is 0 Å². The molecule has 5 nitrogen and oxygen atoms in total. The van der Waals surface area contributed by atoms with Gasteiger partial charge in [-0.2, -0.15) is 0 Å². The molecule has 4 rings (SSSR count). The summed E-state index contributed by atoms with van der Waals surface area (Å²) in [6.45, 7) is 5.12. The van der Waals surface area contributed by atoms with Gasteiger partial charge in [-0.05, 0) is 43.7 Å². The molecule has 1 N–H and O–H groups in total. The molecule has 1 fully saturated rings. The number of rotatable bonds is 4. The highest BCUT2D eigenvalue weighted by Gasteiger charge is 2.47. The van der Waals surface area contributed by atoms with Gasteiger partial charge in [0.15, 0.2) is 0 Å². The molecule has 0 bridgehead atoms. The maximum Gasteiger partial charge on any atom is 0.271 e. The van der Waals surface area contributed by atoms with Gasteiger partial charge in [-0.3, -0.25) is 9.59 Å². The third kappa shape index (κ3) is 3.18. The van der Waals surface area contributed by atoms with Crippen LogP contribution >= 0.6 is 11.3 Å². The van der Waals surface area contributed by atoms with Gasteiger partial charge in [0.2, 0.25) is 5.91 Å². The summed E-state index contributed by atoms with van der Waals surface area (Å²) in [5.41, 5.74) is 0.929. The zero-order valence-corrected chi connectivity index (χ0v) is 17.1. The lowest BCUT2D eigenvalue weighted by atomic mass is 9.93. The second-order valence-electron chi connectivity index (χ2n) is 8.18. The summed E-state index contributed by atoms with van der Waals surface area (Å²) < 4.78 is 3.16. The highest BCUT2D eigenvalue weighted by Crippen LogP contribution is 2.34. The van der Waals surface area contributed by atoms with Crippen molar-refractivity contribution in [3.05, 3.63) is 23.2 Å². The first-order chi connectivity index (χ1) is 13.0. The fourth-order valence-corrected chi connectivity index (χ4v) is 5.43. The molecule has 1 saturated carbocycles. The van der Waals surface area contributed by atoms with Crippen LogP contribution in [-0.2, 0) is 11.3 Å². The number of hydrogen-bond acceptors (Lipinski definition) is 3. The molecule has 0 spiro atoms. The van der Waals surface area contributed by atoms with Crippen LogP contribution in [0.1, 0.15) is 69.3 Å². The number of aromatic nitrogens is 1. The molecular weight excluding hydrogens is 358 g/mol. The Morgan fingerprint density at radius 1 is 1.30 bits per heavy atom. The van der Waals surface area contributed by atoms with Crippen LogP contribution in [0.25, 0.3) is 10.2 Å². The number of nitrogens with one attached hydrogen (secondary N) is 1. The lowest BCUT2D eigenvalue weighted by Crippen LogP contribution is -2.65. The average molecular weight is 388 g/mol. The minimum Gasteiger partial charge on any atom is -0.351 e. The number of fused-ring (bicyclic) bond motifs is 3. The van der Waals surface area contributed by atoms with Crippen molar-refractivity contribution in [1.29, 1.82) is 0 Å². The lowest BCUT2D eigenvalue weighted by molar-refractivity contribution is -0.133. The molecule has 1 unspecified atom stereocenters. The van der Waals surface area contributed by atoms with Crippen LogP contribution in [0.15, 0.2) is 17.5 Å². The number of nitrogens with zero attached hydrogens (tertiary/aromatic N) is 2. The summed E-state index contributed by atoms with van der Waals surface area (Å²) in [6.07, 6.45) is 7.81. The van der Waals surface area contributed by atoms with E-state index >= 15 is 0 Å². The molecule has 2 aromatic rings. The standard InChI is InChI=1S/C21H29N3O2S/c1-3-11-24-19(25)17-13-18-16(10-12-27-18)23(17)14-21(24,2)20(26)22-15-8-6-4-5-7-9-15/h10,12-13,15H,3-9,11,14H2,1-2H3,(H,22,26). The number of thiophene rings is 1. The molecule has 0 aromatic carbocycles. The minimum absolute atomic E-state index is 0.000991. The Morgan fingerprint density at radius 3 is 2.74 bits per heavy atom. The molecule has 146 valence electrons. The van der Waals surface area contributed by atoms with Gasteiger partial charge in [-0.15, -0.1) is 11.3 Å². The molecule has 1 aliphatic heterocycles. The third-order valence-corrected chi connectivity index (χ3v) is 7.03. The van der Waals surface area contributed by atoms with Crippen molar-refractivity contribution in [3.8, 4) is 0 Å². The molecule has 2 aromatic heterocycles. The fourth-order valence-electron chi connectivity index (χ4n) is 4.61. The van der Waals surface area contributed by atoms with Crippen molar-refractivity contribution in [1.82, 2.24) is 14.8 Å². The summed E-state index contributed by atoms with van der Waals surface area (Å²) in [5.74, 6) is -0.0241. The Labute approximate surface area is 164 Å². The van der Waals surface area contributed by atoms with Crippen molar-refractivity contribution >= 4 is 33.4 Å². The van der Waals surface area contributed by atoms with E-state index in [2.05, 4.69) is 18.3 Å². The Hall–Kier alpha value is -1.82. The second kappa shape index (κ2) is 7.30. The van der Waals surface area contributed by atoms with Gasteiger partial charge in [0.1, 0.15) is 11.2 Å². The monoisotopic (exact) mass is 387 g/mol. The normalized spacial score (nSPS) is 24.1. The van der Waals surface area contributed by atoms with Crippen LogP contribution in [0.2, 0.25) is 0 Å². The average Bonchev–Trinajstić information content (AvgIpc) is 3.13. The van der Waals surface area contributed by atoms with Gasteiger partial charge < -0.3 is 14.8 Å². The molecule has 27 heavy (non-hydrogen) atoms. The Morgan fingerprint density at radius 2 is 2.04 bits per heavy atom. The number of carbonyl (C=O) groups is 2. The van der Waals surface area contributed by atoms with E-state index in [1.165, 1.54) is 25.7 Å². The van der Waals surface area contributed by atoms with Gasteiger partial charge in [-0.25, -0.2) is 0 Å². The van der Waals surface area contributed by atoms with Gasteiger partial charge in [0.25, 0.3) is 5.91 Å². The zero-order valence-electron chi connectivity index (χ0n) is 16.3. The first-order valence-electron chi connectivity index (χ1n) is 10.2. The molecule has 0 radical (unpaired) electrons. The van der Waals surface area contributed by atoms with Gasteiger partial charge in [-0.1, -0.05) is 32.6 Å². The number of amides is 2. The van der Waals surface area contributed by atoms with E-state index in [0.29, 0.717) is 18.8 Å². The predicted molar refractivity (Wildman–Crippen MR) is 109 cm³/mol. The van der Waals surface area contributed by atoms with Crippen LogP contribution in [0.4, 0.5) is 0 Å². The fraction of sp³-hybridized carbons (Fsp3) is 0.619. The molecule has 2 aliphatic rings. The Balaban J connectivity index is 1.66. The summed E-state index contributed by atoms with van der Waals surface area (Å²) in [4.78, 5) is 28.5. The van der Waals surface area contributed by atoms with Crippen LogP contribution < -0.4 is 5.32 Å². The maximum absolute atomic E-state index is 13.4. The number of carbonyl (C=O) groups excluding carboxylic acids is 2. The first kappa shape index (κ1) is 18.5. The molecule has 2 amide bonds. The van der Waals surface area contributed by atoms with E-state index in [9.17, 15) is 9.59 Å². The van der Waals surface area contributed by atoms with E-state index in [1.54, 1.807) is 16.2 Å². The smallest absolute Gasteiger partial charge is 0.271 e. The minimum atomic E-state index is -0.847. The second-order valence-corrected chi connectivity index (χ2v) is 9.13. The van der Waals surface area contributed by atoms with Crippen molar-refractivity contribution in [2.24, 2.45) is 0 Å². The van der Waals surface area contributed by atoms with Gasteiger partial charge in [0, 0.05) is 12.6 Å². The molecular formula is C21H29N3O2S. The number of hydrogen-bond donors (Lipinski definition) is 1. The topological polar surface area (TPSA) is 54.3 Å². The Bertz CT molecular complexity index is 847. The van der Waals surface area contributed by atoms with Crippen LogP contribution in [0.3, 0.4) is 0 Å². The molecule has 1 aliphatic carbocycles. The van der Waals surface area contributed by atoms with Gasteiger partial charge >= 0.3 is 0 Å². The summed E-state index contributed by atoms with van der Waals surface area (Å²) in [7, 11) is 0. The SMILES string of the molecule is CCCN1C(=O)c2cc3sccc3n2CC1(C)C(=O)NC1CCCCCC1. The predicted octanol–water partition coefficient (Wildman–Crippen LogP) is 4.17. The van der Waals surface area contributed by atoms with E-state index in [0.717, 1.165) is 29.5 Å². The Kier molecular flexibility index (Phi) is 5.01. The molecule has 0 saturated heterocycles. The summed E-state index contributed by atoms with van der Waals surface area (Å²) in [6, 6.07) is 4.27. The van der Waals surface area contributed by atoms with E-state index < -0.39 is 5.54 Å². The third-order valence-electron chi connectivity index (χ3n) is 6.18. The maximum atomic E-state index is 13.4. The largest absolute Gasteiger partial charge is 0.351 e. The highest BCUT2D eigenvalue weighted by molar-refractivity contribution is 7.17. The van der Waals surface area contributed by atoms with E-state index in [1.807, 2.05) is 22.9 Å².